The average molecular weight is 276 g/mol. The van der Waals surface area contributed by atoms with Gasteiger partial charge in [-0.05, 0) is 25.8 Å². The van der Waals surface area contributed by atoms with Crippen LogP contribution in [0.15, 0.2) is 10.7 Å². The minimum atomic E-state index is -0.392. The monoisotopic (exact) mass is 276 g/mol. The average Bonchev–Trinajstić information content (AvgIpc) is 3.08. The fraction of sp³-hybridized carbons (Fsp3) is 0.462. The van der Waals surface area contributed by atoms with Crippen molar-refractivity contribution in [1.82, 2.24) is 15.1 Å². The lowest BCUT2D eigenvalue weighted by Crippen LogP contribution is -2.34. The second kappa shape index (κ2) is 4.86. The Balaban J connectivity index is 1.76. The smallest absolute Gasteiger partial charge is 0.250 e. The molecule has 1 saturated carbocycles. The summed E-state index contributed by atoms with van der Waals surface area (Å²) >= 11 is 1.63. The second-order valence-corrected chi connectivity index (χ2v) is 6.20. The van der Waals surface area contributed by atoms with Crippen LogP contribution in [0.2, 0.25) is 0 Å². The first-order valence-electron chi connectivity index (χ1n) is 6.39. The predicted octanol–water partition coefficient (Wildman–Crippen LogP) is 2.73. The van der Waals surface area contributed by atoms with E-state index in [2.05, 4.69) is 15.1 Å². The van der Waals surface area contributed by atoms with Crippen LogP contribution in [0.3, 0.4) is 0 Å². The third-order valence-corrected chi connectivity index (χ3v) is 4.29. The van der Waals surface area contributed by atoms with Crippen molar-refractivity contribution in [2.24, 2.45) is 5.73 Å². The minimum Gasteiger partial charge on any atom is -0.335 e. The maximum Gasteiger partial charge on any atom is 0.250 e. The van der Waals surface area contributed by atoms with E-state index in [1.54, 1.807) is 11.3 Å². The summed E-state index contributed by atoms with van der Waals surface area (Å²) in [6, 6.07) is 0. The number of hydrogen-bond acceptors (Lipinski definition) is 6. The first-order chi connectivity index (χ1) is 9.16. The molecule has 1 aliphatic rings. The molecule has 2 heterocycles. The summed E-state index contributed by atoms with van der Waals surface area (Å²) in [5.74, 6) is 1.13. The van der Waals surface area contributed by atoms with Gasteiger partial charge in [-0.1, -0.05) is 18.0 Å². The highest BCUT2D eigenvalue weighted by atomic mass is 32.1. The van der Waals surface area contributed by atoms with E-state index in [4.69, 9.17) is 10.3 Å². The van der Waals surface area contributed by atoms with Gasteiger partial charge in [-0.3, -0.25) is 0 Å². The van der Waals surface area contributed by atoms with Crippen LogP contribution < -0.4 is 5.73 Å². The van der Waals surface area contributed by atoms with Gasteiger partial charge in [0.25, 0.3) is 5.89 Å². The highest BCUT2D eigenvalue weighted by Gasteiger charge is 2.35. The van der Waals surface area contributed by atoms with Crippen LogP contribution in [0.5, 0.6) is 0 Å². The topological polar surface area (TPSA) is 77.8 Å². The molecule has 2 N–H and O–H groups in total. The number of hydrogen-bond donors (Lipinski definition) is 1. The first-order valence-corrected chi connectivity index (χ1v) is 7.21. The van der Waals surface area contributed by atoms with Gasteiger partial charge in [0.2, 0.25) is 0 Å². The van der Waals surface area contributed by atoms with Crippen molar-refractivity contribution in [3.8, 4) is 0 Å². The molecular weight excluding hydrogens is 260 g/mol. The molecule has 6 heteroatoms. The van der Waals surface area contributed by atoms with Gasteiger partial charge in [0.15, 0.2) is 5.82 Å². The van der Waals surface area contributed by atoms with Crippen molar-refractivity contribution in [1.29, 1.82) is 0 Å². The lowest BCUT2D eigenvalue weighted by molar-refractivity contribution is 0.364. The molecule has 3 rings (SSSR count). The SMILES string of the molecule is Cc1ncc(/C=C/c2nc(C3(N)CCCC3)no2)s1. The normalized spacial score (nSPS) is 18.4. The van der Waals surface area contributed by atoms with Gasteiger partial charge < -0.3 is 10.3 Å². The molecule has 0 aliphatic heterocycles. The lowest BCUT2D eigenvalue weighted by Gasteiger charge is -2.17. The Morgan fingerprint density at radius 1 is 1.37 bits per heavy atom. The molecule has 5 nitrogen and oxygen atoms in total. The van der Waals surface area contributed by atoms with Crippen LogP contribution in [0.25, 0.3) is 12.2 Å². The van der Waals surface area contributed by atoms with Crippen LogP contribution in [-0.4, -0.2) is 15.1 Å². The van der Waals surface area contributed by atoms with Crippen molar-refractivity contribution in [2.75, 3.05) is 0 Å². The third-order valence-electron chi connectivity index (χ3n) is 3.41. The fourth-order valence-corrected chi connectivity index (χ4v) is 3.03. The number of nitrogens with two attached hydrogens (primary N) is 1. The van der Waals surface area contributed by atoms with Gasteiger partial charge in [0.1, 0.15) is 0 Å². The van der Waals surface area contributed by atoms with Crippen LogP contribution >= 0.6 is 11.3 Å². The minimum absolute atomic E-state index is 0.392. The quantitative estimate of drug-likeness (QED) is 0.932. The van der Waals surface area contributed by atoms with E-state index in [0.29, 0.717) is 11.7 Å². The fourth-order valence-electron chi connectivity index (χ4n) is 2.34. The van der Waals surface area contributed by atoms with E-state index >= 15 is 0 Å². The Bertz CT molecular complexity index is 595. The Hall–Kier alpha value is -1.53. The van der Waals surface area contributed by atoms with E-state index in [-0.39, 0.29) is 0 Å². The van der Waals surface area contributed by atoms with E-state index in [1.165, 1.54) is 0 Å². The number of thiazole rings is 1. The van der Waals surface area contributed by atoms with Crippen LogP contribution in [0.1, 0.15) is 47.3 Å². The molecule has 1 fully saturated rings. The summed E-state index contributed by atoms with van der Waals surface area (Å²) < 4.78 is 5.23. The number of rotatable bonds is 3. The zero-order chi connectivity index (χ0) is 13.3. The van der Waals surface area contributed by atoms with E-state index in [9.17, 15) is 0 Å². The molecule has 2 aromatic rings. The van der Waals surface area contributed by atoms with Gasteiger partial charge in [-0.2, -0.15) is 4.98 Å². The molecule has 0 radical (unpaired) electrons. The number of aryl methyl sites for hydroxylation is 1. The highest BCUT2D eigenvalue weighted by Crippen LogP contribution is 2.34. The van der Waals surface area contributed by atoms with Crippen molar-refractivity contribution < 1.29 is 4.52 Å². The molecule has 0 aromatic carbocycles. The van der Waals surface area contributed by atoms with Gasteiger partial charge in [-0.25, -0.2) is 4.98 Å². The van der Waals surface area contributed by atoms with Crippen LogP contribution in [0, 0.1) is 6.92 Å². The van der Waals surface area contributed by atoms with E-state index < -0.39 is 5.54 Å². The van der Waals surface area contributed by atoms with E-state index in [0.717, 1.165) is 35.6 Å². The molecule has 0 atom stereocenters. The highest BCUT2D eigenvalue weighted by molar-refractivity contribution is 7.12. The van der Waals surface area contributed by atoms with Crippen molar-refractivity contribution in [3.63, 3.8) is 0 Å². The molecular formula is C13H16N4OS. The summed E-state index contributed by atoms with van der Waals surface area (Å²) in [4.78, 5) is 9.64. The van der Waals surface area contributed by atoms with Gasteiger partial charge in [0, 0.05) is 17.2 Å². The molecule has 0 spiro atoms. The lowest BCUT2D eigenvalue weighted by atomic mass is 9.99. The maximum absolute atomic E-state index is 6.29. The van der Waals surface area contributed by atoms with Crippen molar-refractivity contribution in [2.45, 2.75) is 38.1 Å². The Morgan fingerprint density at radius 3 is 2.84 bits per heavy atom. The summed E-state index contributed by atoms with van der Waals surface area (Å²) in [6.45, 7) is 1.98. The molecule has 0 saturated heterocycles. The summed E-state index contributed by atoms with van der Waals surface area (Å²) in [7, 11) is 0. The van der Waals surface area contributed by atoms with Crippen molar-refractivity contribution >= 4 is 23.5 Å². The standard InChI is InChI=1S/C13H16N4OS/c1-9-15-8-10(19-9)4-5-11-16-12(17-18-11)13(14)6-2-3-7-13/h4-5,8H,2-3,6-7,14H2,1H3/b5-4+. The first kappa shape index (κ1) is 12.5. The van der Waals surface area contributed by atoms with Gasteiger partial charge in [0.05, 0.1) is 10.5 Å². The van der Waals surface area contributed by atoms with Gasteiger partial charge >= 0.3 is 0 Å². The molecule has 0 amide bonds. The second-order valence-electron chi connectivity index (χ2n) is 4.93. The largest absolute Gasteiger partial charge is 0.335 e. The third kappa shape index (κ3) is 2.59. The molecule has 0 bridgehead atoms. The van der Waals surface area contributed by atoms with E-state index in [1.807, 2.05) is 25.3 Å². The van der Waals surface area contributed by atoms with Crippen molar-refractivity contribution in [3.05, 3.63) is 27.8 Å². The zero-order valence-corrected chi connectivity index (χ0v) is 11.6. The Labute approximate surface area is 115 Å². The summed E-state index contributed by atoms with van der Waals surface area (Å²) in [6.07, 6.45) is 9.71. The zero-order valence-electron chi connectivity index (χ0n) is 10.8. The molecule has 2 aromatic heterocycles. The molecule has 19 heavy (non-hydrogen) atoms. The summed E-state index contributed by atoms with van der Waals surface area (Å²) in [5.41, 5.74) is 5.90. The number of nitrogens with zero attached hydrogens (tertiary/aromatic N) is 3. The predicted molar refractivity (Wildman–Crippen MR) is 74.4 cm³/mol. The Kier molecular flexibility index (Phi) is 3.20. The van der Waals surface area contributed by atoms with Crippen LogP contribution in [-0.2, 0) is 5.54 Å². The van der Waals surface area contributed by atoms with Gasteiger partial charge in [-0.15, -0.1) is 11.3 Å². The molecule has 1 aliphatic carbocycles. The summed E-state index contributed by atoms with van der Waals surface area (Å²) in [5, 5.41) is 5.05. The molecule has 0 unspecified atom stereocenters. The van der Waals surface area contributed by atoms with Crippen LogP contribution in [0.4, 0.5) is 0 Å². The number of aromatic nitrogens is 3. The molecule has 100 valence electrons. The maximum atomic E-state index is 6.29. The Morgan fingerprint density at radius 2 is 2.16 bits per heavy atom.